The Morgan fingerprint density at radius 2 is 2.36 bits per heavy atom. The molecule has 1 aromatic heterocycles. The highest BCUT2D eigenvalue weighted by molar-refractivity contribution is 7.89. The second-order valence-electron chi connectivity index (χ2n) is 3.28. The Hall–Kier alpha value is -0.880. The van der Waals surface area contributed by atoms with Crippen molar-refractivity contribution >= 4 is 10.0 Å². The molecule has 0 aromatic carbocycles. The minimum Gasteiger partial charge on any atom is -0.335 e. The molecule has 1 rings (SSSR count). The van der Waals surface area contributed by atoms with E-state index in [-0.39, 0.29) is 5.03 Å². The Kier molecular flexibility index (Phi) is 3.65. The Labute approximate surface area is 84.0 Å². The van der Waals surface area contributed by atoms with Gasteiger partial charge < -0.3 is 4.98 Å². The maximum Gasteiger partial charge on any atom is 0.257 e. The summed E-state index contributed by atoms with van der Waals surface area (Å²) in [5.41, 5.74) is 0. The van der Waals surface area contributed by atoms with Crippen molar-refractivity contribution in [3.8, 4) is 0 Å². The summed E-state index contributed by atoms with van der Waals surface area (Å²) in [7, 11) is -3.39. The molecule has 0 amide bonds. The zero-order valence-electron chi connectivity index (χ0n) is 8.32. The Bertz CT molecular complexity index is 358. The monoisotopic (exact) mass is 217 g/mol. The fourth-order valence-electron chi connectivity index (χ4n) is 0.864. The Morgan fingerprint density at radius 1 is 1.64 bits per heavy atom. The van der Waals surface area contributed by atoms with Gasteiger partial charge in [-0.05, 0) is 5.92 Å². The minimum atomic E-state index is -3.39. The van der Waals surface area contributed by atoms with Gasteiger partial charge in [-0.3, -0.25) is 0 Å². The molecule has 0 spiro atoms. The van der Waals surface area contributed by atoms with Crippen molar-refractivity contribution in [2.24, 2.45) is 5.92 Å². The van der Waals surface area contributed by atoms with Gasteiger partial charge >= 0.3 is 0 Å². The fraction of sp³-hybridized carbons (Fsp3) is 0.625. The zero-order valence-corrected chi connectivity index (χ0v) is 9.13. The molecule has 0 aliphatic carbocycles. The molecule has 0 bridgehead atoms. The van der Waals surface area contributed by atoms with Crippen molar-refractivity contribution in [3.63, 3.8) is 0 Å². The number of aromatic amines is 1. The summed E-state index contributed by atoms with van der Waals surface area (Å²) < 4.78 is 25.6. The van der Waals surface area contributed by atoms with E-state index in [0.717, 1.165) is 6.42 Å². The fourth-order valence-corrected chi connectivity index (χ4v) is 1.93. The van der Waals surface area contributed by atoms with Crippen LogP contribution < -0.4 is 4.72 Å². The van der Waals surface area contributed by atoms with Gasteiger partial charge in [0.1, 0.15) is 0 Å². The maximum atomic E-state index is 11.5. The number of nitrogens with one attached hydrogen (secondary N) is 2. The van der Waals surface area contributed by atoms with Gasteiger partial charge in [0.05, 0.1) is 12.5 Å². The lowest BCUT2D eigenvalue weighted by Gasteiger charge is -2.09. The van der Waals surface area contributed by atoms with Gasteiger partial charge in [-0.15, -0.1) is 0 Å². The second-order valence-corrected chi connectivity index (χ2v) is 5.02. The van der Waals surface area contributed by atoms with Crippen LogP contribution >= 0.6 is 0 Å². The quantitative estimate of drug-likeness (QED) is 0.763. The molecule has 80 valence electrons. The highest BCUT2D eigenvalue weighted by Crippen LogP contribution is 2.04. The van der Waals surface area contributed by atoms with E-state index in [1.165, 1.54) is 12.5 Å². The van der Waals surface area contributed by atoms with E-state index in [4.69, 9.17) is 0 Å². The molecule has 0 aliphatic heterocycles. The van der Waals surface area contributed by atoms with Crippen LogP contribution in [0.1, 0.15) is 20.3 Å². The van der Waals surface area contributed by atoms with Gasteiger partial charge in [0.15, 0.2) is 5.03 Å². The van der Waals surface area contributed by atoms with E-state index in [9.17, 15) is 8.42 Å². The van der Waals surface area contributed by atoms with E-state index in [2.05, 4.69) is 14.7 Å². The third kappa shape index (κ3) is 2.81. The molecule has 0 radical (unpaired) electrons. The van der Waals surface area contributed by atoms with E-state index in [1.807, 2.05) is 13.8 Å². The standard InChI is InChI=1S/C8H15N3O2S/c1-3-7(2)4-11-14(12,13)8-5-9-6-10-8/h5-7,11H,3-4H2,1-2H3,(H,9,10). The van der Waals surface area contributed by atoms with Crippen LogP contribution in [0.3, 0.4) is 0 Å². The first kappa shape index (κ1) is 11.2. The number of H-pyrrole nitrogens is 1. The lowest BCUT2D eigenvalue weighted by atomic mass is 10.1. The van der Waals surface area contributed by atoms with E-state index >= 15 is 0 Å². The first-order valence-electron chi connectivity index (χ1n) is 4.54. The SMILES string of the molecule is CCC(C)CNS(=O)(=O)c1cnc[nH]1. The van der Waals surface area contributed by atoms with E-state index in [0.29, 0.717) is 12.5 Å². The van der Waals surface area contributed by atoms with Gasteiger partial charge in [0, 0.05) is 6.54 Å². The Morgan fingerprint density at radius 3 is 2.86 bits per heavy atom. The van der Waals surface area contributed by atoms with Crippen LogP contribution in [0.4, 0.5) is 0 Å². The second kappa shape index (κ2) is 4.56. The normalized spacial score (nSPS) is 14.1. The third-order valence-corrected chi connectivity index (χ3v) is 3.43. The topological polar surface area (TPSA) is 74.8 Å². The average Bonchev–Trinajstić information content (AvgIpc) is 2.67. The van der Waals surface area contributed by atoms with Crippen molar-refractivity contribution in [2.45, 2.75) is 25.3 Å². The van der Waals surface area contributed by atoms with Crippen LogP contribution in [0, 0.1) is 5.92 Å². The molecule has 1 heterocycles. The van der Waals surface area contributed by atoms with E-state index < -0.39 is 10.0 Å². The number of aromatic nitrogens is 2. The van der Waals surface area contributed by atoms with Gasteiger partial charge in [-0.25, -0.2) is 18.1 Å². The summed E-state index contributed by atoms with van der Waals surface area (Å²) in [5, 5.41) is 0.112. The molecule has 0 fully saturated rings. The number of hydrogen-bond donors (Lipinski definition) is 2. The zero-order chi connectivity index (χ0) is 10.6. The van der Waals surface area contributed by atoms with Crippen molar-refractivity contribution in [3.05, 3.63) is 12.5 Å². The van der Waals surface area contributed by atoms with Crippen LogP contribution in [-0.2, 0) is 10.0 Å². The smallest absolute Gasteiger partial charge is 0.257 e. The summed E-state index contributed by atoms with van der Waals surface area (Å²) in [6, 6.07) is 0. The van der Waals surface area contributed by atoms with Gasteiger partial charge in [-0.2, -0.15) is 0 Å². The first-order valence-corrected chi connectivity index (χ1v) is 6.02. The van der Waals surface area contributed by atoms with E-state index in [1.54, 1.807) is 0 Å². The third-order valence-electron chi connectivity index (χ3n) is 2.08. The molecule has 1 aromatic rings. The van der Waals surface area contributed by atoms with Crippen LogP contribution in [0.15, 0.2) is 17.6 Å². The van der Waals surface area contributed by atoms with Crippen LogP contribution in [0.5, 0.6) is 0 Å². The van der Waals surface area contributed by atoms with Crippen LogP contribution in [0.25, 0.3) is 0 Å². The minimum absolute atomic E-state index is 0.112. The molecule has 0 saturated heterocycles. The van der Waals surface area contributed by atoms with Gasteiger partial charge in [0.2, 0.25) is 0 Å². The lowest BCUT2D eigenvalue weighted by molar-refractivity contribution is 0.527. The summed E-state index contributed by atoms with van der Waals surface area (Å²) in [4.78, 5) is 6.22. The highest BCUT2D eigenvalue weighted by atomic mass is 32.2. The molecule has 1 unspecified atom stereocenters. The largest absolute Gasteiger partial charge is 0.335 e. The van der Waals surface area contributed by atoms with Crippen molar-refractivity contribution in [1.29, 1.82) is 0 Å². The number of sulfonamides is 1. The number of hydrogen-bond acceptors (Lipinski definition) is 3. The maximum absolute atomic E-state index is 11.5. The summed E-state index contributed by atoms with van der Waals surface area (Å²) in [6.45, 7) is 4.47. The molecule has 6 heteroatoms. The van der Waals surface area contributed by atoms with Crippen molar-refractivity contribution < 1.29 is 8.42 Å². The average molecular weight is 217 g/mol. The first-order chi connectivity index (χ1) is 6.56. The van der Waals surface area contributed by atoms with Gasteiger partial charge in [-0.1, -0.05) is 20.3 Å². The molecule has 0 saturated carbocycles. The molecule has 1 atom stereocenters. The number of rotatable bonds is 5. The molecule has 2 N–H and O–H groups in total. The van der Waals surface area contributed by atoms with Crippen molar-refractivity contribution in [1.82, 2.24) is 14.7 Å². The van der Waals surface area contributed by atoms with Gasteiger partial charge in [0.25, 0.3) is 10.0 Å². The Balaban J connectivity index is 2.60. The summed E-state index contributed by atoms with van der Waals surface area (Å²) in [6.07, 6.45) is 3.59. The molecular weight excluding hydrogens is 202 g/mol. The van der Waals surface area contributed by atoms with Crippen LogP contribution in [0.2, 0.25) is 0 Å². The summed E-state index contributed by atoms with van der Waals surface area (Å²) in [5.74, 6) is 0.340. The molecule has 14 heavy (non-hydrogen) atoms. The molecular formula is C8H15N3O2S. The highest BCUT2D eigenvalue weighted by Gasteiger charge is 2.15. The number of nitrogens with zero attached hydrogens (tertiary/aromatic N) is 1. The molecule has 0 aliphatic rings. The van der Waals surface area contributed by atoms with Crippen molar-refractivity contribution in [2.75, 3.05) is 6.54 Å². The lowest BCUT2D eigenvalue weighted by Crippen LogP contribution is -2.28. The predicted octanol–water partition coefficient (Wildman–Crippen LogP) is 0.734. The summed E-state index contributed by atoms with van der Waals surface area (Å²) >= 11 is 0. The number of imidazole rings is 1. The molecule has 5 nitrogen and oxygen atoms in total. The van der Waals surface area contributed by atoms with Crippen LogP contribution in [-0.4, -0.2) is 24.9 Å². The predicted molar refractivity (Wildman–Crippen MR) is 53.2 cm³/mol.